The molecule has 2 bridgehead atoms. The van der Waals surface area contributed by atoms with Crippen LogP contribution >= 0.6 is 22.9 Å². The molecule has 1 aromatic heterocycles. The molecule has 2 fully saturated rings. The molecule has 28 heavy (non-hydrogen) atoms. The summed E-state index contributed by atoms with van der Waals surface area (Å²) in [5.74, 6) is 0. The van der Waals surface area contributed by atoms with E-state index in [1.54, 1.807) is 11.3 Å². The minimum absolute atomic E-state index is 0.622. The van der Waals surface area contributed by atoms with Gasteiger partial charge in [0.05, 0.1) is 16.3 Å². The molecule has 5 rings (SSSR count). The lowest BCUT2D eigenvalue weighted by atomic mass is 9.81. The summed E-state index contributed by atoms with van der Waals surface area (Å²) >= 11 is 8.13. The molecule has 0 saturated carbocycles. The van der Waals surface area contributed by atoms with Gasteiger partial charge in [0.15, 0.2) is 0 Å². The van der Waals surface area contributed by atoms with E-state index in [0.29, 0.717) is 18.1 Å². The van der Waals surface area contributed by atoms with Crippen molar-refractivity contribution in [2.75, 3.05) is 0 Å². The second-order valence-electron chi connectivity index (χ2n) is 8.14. The Hall–Kier alpha value is -1.46. The van der Waals surface area contributed by atoms with E-state index in [-0.39, 0.29) is 0 Å². The number of piperidine rings is 2. The summed E-state index contributed by atoms with van der Waals surface area (Å²) in [6.07, 6.45) is 6.48. The van der Waals surface area contributed by atoms with Crippen LogP contribution in [0, 0.1) is 0 Å². The van der Waals surface area contributed by atoms with Gasteiger partial charge in [0, 0.05) is 24.7 Å². The molecule has 1 N–H and O–H groups in total. The molecule has 2 unspecified atom stereocenters. The second-order valence-corrected chi connectivity index (χ2v) is 9.66. The van der Waals surface area contributed by atoms with Crippen molar-refractivity contribution in [1.29, 1.82) is 0 Å². The van der Waals surface area contributed by atoms with Crippen LogP contribution in [0.25, 0.3) is 10.2 Å². The molecular formula is C23H26ClN3S. The Morgan fingerprint density at radius 1 is 1.04 bits per heavy atom. The van der Waals surface area contributed by atoms with E-state index in [0.717, 1.165) is 23.6 Å². The van der Waals surface area contributed by atoms with Crippen LogP contribution in [0.1, 0.15) is 42.7 Å². The van der Waals surface area contributed by atoms with Crippen molar-refractivity contribution in [3.63, 3.8) is 0 Å². The summed E-state index contributed by atoms with van der Waals surface area (Å²) in [6, 6.07) is 18.8. The van der Waals surface area contributed by atoms with Gasteiger partial charge in [-0.15, -0.1) is 11.3 Å². The summed E-state index contributed by atoms with van der Waals surface area (Å²) in [5, 5.41) is 5.79. The first-order valence-electron chi connectivity index (χ1n) is 10.3. The third kappa shape index (κ3) is 3.84. The second kappa shape index (κ2) is 8.11. The highest BCUT2D eigenvalue weighted by molar-refractivity contribution is 7.18. The van der Waals surface area contributed by atoms with Gasteiger partial charge in [-0.2, -0.15) is 0 Å². The highest BCUT2D eigenvalue weighted by atomic mass is 35.5. The van der Waals surface area contributed by atoms with Crippen LogP contribution in [-0.4, -0.2) is 28.0 Å². The predicted octanol–water partition coefficient (Wildman–Crippen LogP) is 5.63. The number of halogens is 1. The monoisotopic (exact) mass is 411 g/mol. The number of rotatable bonds is 5. The Morgan fingerprint density at radius 2 is 1.82 bits per heavy atom. The predicted molar refractivity (Wildman–Crippen MR) is 118 cm³/mol. The van der Waals surface area contributed by atoms with Crippen molar-refractivity contribution in [2.24, 2.45) is 0 Å². The largest absolute Gasteiger partial charge is 0.310 e. The molecule has 3 aromatic rings. The lowest BCUT2D eigenvalue weighted by molar-refractivity contribution is 0.0173. The van der Waals surface area contributed by atoms with Crippen molar-refractivity contribution in [1.82, 2.24) is 15.2 Å². The first-order chi connectivity index (χ1) is 13.8. The van der Waals surface area contributed by atoms with Crippen molar-refractivity contribution in [2.45, 2.75) is 63.3 Å². The van der Waals surface area contributed by atoms with E-state index in [1.807, 2.05) is 12.1 Å². The van der Waals surface area contributed by atoms with Gasteiger partial charge < -0.3 is 5.32 Å². The third-order valence-electron chi connectivity index (χ3n) is 6.30. The van der Waals surface area contributed by atoms with E-state index >= 15 is 0 Å². The molecule has 0 amide bonds. The van der Waals surface area contributed by atoms with E-state index < -0.39 is 0 Å². The number of thiazole rings is 1. The van der Waals surface area contributed by atoms with E-state index in [2.05, 4.69) is 46.6 Å². The minimum Gasteiger partial charge on any atom is -0.310 e. The van der Waals surface area contributed by atoms with Crippen LogP contribution in [0.5, 0.6) is 0 Å². The molecular weight excluding hydrogens is 386 g/mol. The van der Waals surface area contributed by atoms with Crippen molar-refractivity contribution >= 4 is 33.2 Å². The van der Waals surface area contributed by atoms with Gasteiger partial charge in [-0.3, -0.25) is 4.90 Å². The highest BCUT2D eigenvalue weighted by Crippen LogP contribution is 2.37. The van der Waals surface area contributed by atoms with Crippen molar-refractivity contribution in [3.8, 4) is 0 Å². The first-order valence-corrected chi connectivity index (χ1v) is 11.5. The number of aromatic nitrogens is 1. The number of para-hydroxylation sites is 1. The Bertz CT molecular complexity index is 927. The van der Waals surface area contributed by atoms with Crippen LogP contribution in [0.15, 0.2) is 48.5 Å². The quantitative estimate of drug-likeness (QED) is 0.590. The topological polar surface area (TPSA) is 28.2 Å². The molecule has 0 spiro atoms. The van der Waals surface area contributed by atoms with Crippen LogP contribution < -0.4 is 5.32 Å². The number of hydrogen-bond donors (Lipinski definition) is 1. The number of hydrogen-bond acceptors (Lipinski definition) is 4. The Labute approximate surface area is 175 Å². The fraction of sp³-hybridized carbons (Fsp3) is 0.435. The average molecular weight is 412 g/mol. The smallest absolute Gasteiger partial charge is 0.108 e. The lowest BCUT2D eigenvalue weighted by Crippen LogP contribution is -2.55. The minimum atomic E-state index is 0.622. The number of benzene rings is 2. The molecule has 2 aromatic carbocycles. The molecule has 5 heteroatoms. The van der Waals surface area contributed by atoms with Gasteiger partial charge in [-0.1, -0.05) is 54.4 Å². The third-order valence-corrected chi connectivity index (χ3v) is 7.61. The number of nitrogens with one attached hydrogen (secondary N) is 1. The lowest BCUT2D eigenvalue weighted by Gasteiger charge is -2.49. The fourth-order valence-corrected chi connectivity index (χ4v) is 6.22. The highest BCUT2D eigenvalue weighted by Gasteiger charge is 2.38. The maximum absolute atomic E-state index is 6.34. The zero-order valence-electron chi connectivity index (χ0n) is 16.0. The van der Waals surface area contributed by atoms with Crippen molar-refractivity contribution < 1.29 is 0 Å². The van der Waals surface area contributed by atoms with Gasteiger partial charge in [-0.25, -0.2) is 4.98 Å². The van der Waals surface area contributed by atoms with Crippen LogP contribution in [0.2, 0.25) is 5.02 Å². The Kier molecular flexibility index (Phi) is 5.38. The van der Waals surface area contributed by atoms with Gasteiger partial charge in [-0.05, 0) is 43.4 Å². The molecule has 3 nitrogen and oxygen atoms in total. The zero-order chi connectivity index (χ0) is 18.9. The van der Waals surface area contributed by atoms with Crippen LogP contribution in [0.4, 0.5) is 0 Å². The van der Waals surface area contributed by atoms with Crippen LogP contribution in [0.3, 0.4) is 0 Å². The zero-order valence-corrected chi connectivity index (χ0v) is 17.6. The van der Waals surface area contributed by atoms with E-state index in [4.69, 9.17) is 16.6 Å². The number of fused-ring (bicyclic) bond motifs is 3. The SMILES string of the molecule is Clc1cccc2sc(CN3C4CCCC3CC(NCc3ccccc3)C4)nc12. The molecule has 2 saturated heterocycles. The first kappa shape index (κ1) is 18.6. The molecule has 146 valence electrons. The summed E-state index contributed by atoms with van der Waals surface area (Å²) in [6.45, 7) is 1.94. The molecule has 2 aliphatic heterocycles. The Morgan fingerprint density at radius 3 is 2.57 bits per heavy atom. The summed E-state index contributed by atoms with van der Waals surface area (Å²) in [5.41, 5.74) is 2.34. The van der Waals surface area contributed by atoms with Crippen LogP contribution in [-0.2, 0) is 13.1 Å². The number of nitrogens with zero attached hydrogens (tertiary/aromatic N) is 2. The van der Waals surface area contributed by atoms with Gasteiger partial charge >= 0.3 is 0 Å². The molecule has 0 aliphatic carbocycles. The van der Waals surface area contributed by atoms with Gasteiger partial charge in [0.1, 0.15) is 10.5 Å². The maximum Gasteiger partial charge on any atom is 0.108 e. The molecule has 2 aliphatic rings. The average Bonchev–Trinajstić information content (AvgIpc) is 3.11. The van der Waals surface area contributed by atoms with Crippen molar-refractivity contribution in [3.05, 3.63) is 64.1 Å². The summed E-state index contributed by atoms with van der Waals surface area (Å²) < 4.78 is 1.20. The maximum atomic E-state index is 6.34. The standard InChI is InChI=1S/C23H26ClN3S/c24-20-10-5-11-21-23(20)26-22(28-21)15-27-18-8-4-9-19(27)13-17(12-18)25-14-16-6-2-1-3-7-16/h1-3,5-7,10-11,17-19,25H,4,8-9,12-15H2. The fourth-order valence-electron chi connectivity index (χ4n) is 4.95. The summed E-state index contributed by atoms with van der Waals surface area (Å²) in [4.78, 5) is 7.59. The van der Waals surface area contributed by atoms with Gasteiger partial charge in [0.25, 0.3) is 0 Å². The van der Waals surface area contributed by atoms with Gasteiger partial charge in [0.2, 0.25) is 0 Å². The van der Waals surface area contributed by atoms with E-state index in [1.165, 1.54) is 47.4 Å². The Balaban J connectivity index is 1.27. The molecule has 3 heterocycles. The van der Waals surface area contributed by atoms with E-state index in [9.17, 15) is 0 Å². The molecule has 0 radical (unpaired) electrons. The molecule has 2 atom stereocenters. The normalized spacial score (nSPS) is 25.2. The summed E-state index contributed by atoms with van der Waals surface area (Å²) in [7, 11) is 0.